The Labute approximate surface area is 133 Å². The second-order valence-electron chi connectivity index (χ2n) is 5.12. The van der Waals surface area contributed by atoms with Gasteiger partial charge in [0.1, 0.15) is 0 Å². The summed E-state index contributed by atoms with van der Waals surface area (Å²) in [6.45, 7) is 2.60. The van der Waals surface area contributed by atoms with Gasteiger partial charge in [-0.3, -0.25) is 9.59 Å². The molecule has 0 saturated heterocycles. The van der Waals surface area contributed by atoms with E-state index in [0.717, 1.165) is 11.3 Å². The lowest BCUT2D eigenvalue weighted by Gasteiger charge is -2.15. The van der Waals surface area contributed by atoms with Gasteiger partial charge in [-0.05, 0) is 48.9 Å². The van der Waals surface area contributed by atoms with Crippen molar-refractivity contribution in [1.82, 2.24) is 0 Å². The lowest BCUT2D eigenvalue weighted by molar-refractivity contribution is -0.117. The van der Waals surface area contributed by atoms with E-state index in [0.29, 0.717) is 29.2 Å². The highest BCUT2D eigenvalue weighted by Gasteiger charge is 2.26. The van der Waals surface area contributed by atoms with E-state index in [1.54, 1.807) is 29.2 Å². The Balaban J connectivity index is 1.82. The van der Waals surface area contributed by atoms with Crippen LogP contribution < -0.4 is 10.2 Å². The number of carbonyl (C=O) groups excluding carboxylic acids is 2. The van der Waals surface area contributed by atoms with Crippen molar-refractivity contribution >= 4 is 34.8 Å². The molecule has 0 bridgehead atoms. The standard InChI is InChI=1S/C17H15ClN2O2/c1-2-20-15-7-6-14(9-12(15)10-16(20)21)19-17(22)11-4-3-5-13(18)8-11/h3-9H,2,10H2,1H3,(H,19,22). The van der Waals surface area contributed by atoms with Gasteiger partial charge in [0.25, 0.3) is 5.91 Å². The van der Waals surface area contributed by atoms with Gasteiger partial charge in [0.15, 0.2) is 0 Å². The van der Waals surface area contributed by atoms with Crippen molar-refractivity contribution < 1.29 is 9.59 Å². The number of halogens is 1. The van der Waals surface area contributed by atoms with Crippen LogP contribution in [0.4, 0.5) is 11.4 Å². The number of rotatable bonds is 3. The molecule has 5 heteroatoms. The van der Waals surface area contributed by atoms with Crippen molar-refractivity contribution in [1.29, 1.82) is 0 Å². The van der Waals surface area contributed by atoms with Crippen molar-refractivity contribution in [3.05, 3.63) is 58.6 Å². The zero-order chi connectivity index (χ0) is 15.7. The van der Waals surface area contributed by atoms with Gasteiger partial charge in [0, 0.05) is 28.5 Å². The van der Waals surface area contributed by atoms with E-state index in [1.165, 1.54) is 0 Å². The number of fused-ring (bicyclic) bond motifs is 1. The monoisotopic (exact) mass is 314 g/mol. The van der Waals surface area contributed by atoms with Crippen LogP contribution in [-0.2, 0) is 11.2 Å². The molecule has 2 amide bonds. The zero-order valence-electron chi connectivity index (χ0n) is 12.1. The van der Waals surface area contributed by atoms with Crippen LogP contribution in [0.5, 0.6) is 0 Å². The lowest BCUT2D eigenvalue weighted by Crippen LogP contribution is -2.25. The predicted molar refractivity (Wildman–Crippen MR) is 87.6 cm³/mol. The van der Waals surface area contributed by atoms with Gasteiger partial charge in [-0.2, -0.15) is 0 Å². The minimum atomic E-state index is -0.223. The first-order valence-electron chi connectivity index (χ1n) is 7.08. The summed E-state index contributed by atoms with van der Waals surface area (Å²) in [4.78, 5) is 25.8. The summed E-state index contributed by atoms with van der Waals surface area (Å²) in [6.07, 6.45) is 0.379. The zero-order valence-corrected chi connectivity index (χ0v) is 12.9. The normalized spacial score (nSPS) is 13.2. The first kappa shape index (κ1) is 14.6. The predicted octanol–water partition coefficient (Wildman–Crippen LogP) is 3.50. The summed E-state index contributed by atoms with van der Waals surface area (Å²) < 4.78 is 0. The Morgan fingerprint density at radius 3 is 2.82 bits per heavy atom. The summed E-state index contributed by atoms with van der Waals surface area (Å²) in [5.74, 6) is -0.130. The Kier molecular flexibility index (Phi) is 3.86. The molecule has 0 radical (unpaired) electrons. The van der Waals surface area contributed by atoms with Crippen LogP contribution in [0.3, 0.4) is 0 Å². The molecule has 1 heterocycles. The smallest absolute Gasteiger partial charge is 0.255 e. The largest absolute Gasteiger partial charge is 0.322 e. The molecule has 0 aliphatic carbocycles. The number of hydrogen-bond donors (Lipinski definition) is 1. The first-order valence-corrected chi connectivity index (χ1v) is 7.46. The van der Waals surface area contributed by atoms with Crippen molar-refractivity contribution in [2.24, 2.45) is 0 Å². The highest BCUT2D eigenvalue weighted by molar-refractivity contribution is 6.31. The van der Waals surface area contributed by atoms with Crippen LogP contribution in [0.1, 0.15) is 22.8 Å². The van der Waals surface area contributed by atoms with E-state index in [1.807, 2.05) is 25.1 Å². The fraction of sp³-hybridized carbons (Fsp3) is 0.176. The Bertz CT molecular complexity index is 758. The van der Waals surface area contributed by atoms with Crippen LogP contribution in [-0.4, -0.2) is 18.4 Å². The van der Waals surface area contributed by atoms with Crippen LogP contribution >= 0.6 is 11.6 Å². The molecule has 112 valence electrons. The van der Waals surface area contributed by atoms with Gasteiger partial charge >= 0.3 is 0 Å². The van der Waals surface area contributed by atoms with Crippen molar-refractivity contribution in [2.45, 2.75) is 13.3 Å². The third kappa shape index (κ3) is 2.70. The van der Waals surface area contributed by atoms with Crippen molar-refractivity contribution in [2.75, 3.05) is 16.8 Å². The third-order valence-electron chi connectivity index (χ3n) is 3.67. The third-order valence-corrected chi connectivity index (χ3v) is 3.91. The number of benzene rings is 2. The number of carbonyl (C=O) groups is 2. The molecule has 0 spiro atoms. The fourth-order valence-corrected chi connectivity index (χ4v) is 2.83. The second kappa shape index (κ2) is 5.81. The Morgan fingerprint density at radius 2 is 2.09 bits per heavy atom. The number of nitrogens with zero attached hydrogens (tertiary/aromatic N) is 1. The number of hydrogen-bond acceptors (Lipinski definition) is 2. The molecule has 3 rings (SSSR count). The summed E-state index contributed by atoms with van der Waals surface area (Å²) >= 11 is 5.89. The highest BCUT2D eigenvalue weighted by Crippen LogP contribution is 2.31. The maximum Gasteiger partial charge on any atom is 0.255 e. The molecule has 22 heavy (non-hydrogen) atoms. The highest BCUT2D eigenvalue weighted by atomic mass is 35.5. The van der Waals surface area contributed by atoms with E-state index in [-0.39, 0.29) is 11.8 Å². The molecule has 1 aliphatic heterocycles. The van der Waals surface area contributed by atoms with Crippen molar-refractivity contribution in [3.63, 3.8) is 0 Å². The van der Waals surface area contributed by atoms with Gasteiger partial charge in [-0.25, -0.2) is 0 Å². The van der Waals surface area contributed by atoms with Gasteiger partial charge in [0.05, 0.1) is 6.42 Å². The molecule has 0 saturated carbocycles. The minimum absolute atomic E-state index is 0.0933. The molecule has 1 N–H and O–H groups in total. The van der Waals surface area contributed by atoms with Gasteiger partial charge in [-0.15, -0.1) is 0 Å². The number of anilines is 2. The van der Waals surface area contributed by atoms with Crippen LogP contribution in [0.2, 0.25) is 5.02 Å². The molecule has 2 aromatic rings. The van der Waals surface area contributed by atoms with Crippen LogP contribution in [0, 0.1) is 0 Å². The average Bonchev–Trinajstić information content (AvgIpc) is 2.81. The van der Waals surface area contributed by atoms with E-state index in [2.05, 4.69) is 5.32 Å². The maximum atomic E-state index is 12.2. The van der Waals surface area contributed by atoms with Crippen molar-refractivity contribution in [3.8, 4) is 0 Å². The molecular weight excluding hydrogens is 300 g/mol. The molecule has 0 fully saturated rings. The molecule has 4 nitrogen and oxygen atoms in total. The quantitative estimate of drug-likeness (QED) is 0.942. The SMILES string of the molecule is CCN1C(=O)Cc2cc(NC(=O)c3cccc(Cl)c3)ccc21. The van der Waals surface area contributed by atoms with Crippen LogP contribution in [0.15, 0.2) is 42.5 Å². The maximum absolute atomic E-state index is 12.2. The summed E-state index contributed by atoms with van der Waals surface area (Å²) in [5.41, 5.74) is 3.04. The Morgan fingerprint density at radius 1 is 1.27 bits per heavy atom. The average molecular weight is 315 g/mol. The summed E-state index contributed by atoms with van der Waals surface area (Å²) in [7, 11) is 0. The molecular formula is C17H15ClN2O2. The topological polar surface area (TPSA) is 49.4 Å². The van der Waals surface area contributed by atoms with E-state index >= 15 is 0 Å². The van der Waals surface area contributed by atoms with E-state index in [4.69, 9.17) is 11.6 Å². The Hall–Kier alpha value is -2.33. The molecule has 2 aromatic carbocycles. The molecule has 1 aliphatic rings. The van der Waals surface area contributed by atoms with E-state index in [9.17, 15) is 9.59 Å². The summed E-state index contributed by atoms with van der Waals surface area (Å²) in [6, 6.07) is 12.3. The molecule has 0 aromatic heterocycles. The second-order valence-corrected chi connectivity index (χ2v) is 5.56. The minimum Gasteiger partial charge on any atom is -0.322 e. The van der Waals surface area contributed by atoms with Gasteiger partial charge in [0.2, 0.25) is 5.91 Å². The molecule has 0 unspecified atom stereocenters. The van der Waals surface area contributed by atoms with Gasteiger partial charge < -0.3 is 10.2 Å². The number of likely N-dealkylation sites (N-methyl/N-ethyl adjacent to an activating group) is 1. The number of amides is 2. The lowest BCUT2D eigenvalue weighted by atomic mass is 10.1. The fourth-order valence-electron chi connectivity index (χ4n) is 2.64. The first-order chi connectivity index (χ1) is 10.6. The van der Waals surface area contributed by atoms with E-state index < -0.39 is 0 Å². The number of nitrogens with one attached hydrogen (secondary N) is 1. The van der Waals surface area contributed by atoms with Gasteiger partial charge in [-0.1, -0.05) is 17.7 Å². The summed E-state index contributed by atoms with van der Waals surface area (Å²) in [5, 5.41) is 3.35. The van der Waals surface area contributed by atoms with Crippen LogP contribution in [0.25, 0.3) is 0 Å². The molecule has 0 atom stereocenters.